The van der Waals surface area contributed by atoms with Crippen molar-refractivity contribution in [2.75, 3.05) is 41.4 Å². The molecule has 3 aliphatic heterocycles. The molecular formula is C36H38N2O6. The van der Waals surface area contributed by atoms with Crippen LogP contribution in [-0.2, 0) is 25.7 Å². The molecule has 3 heterocycles. The molecule has 6 bridgehead atoms. The molecule has 0 unspecified atom stereocenters. The Hall–Kier alpha value is -4.40. The molecule has 0 amide bonds. The highest BCUT2D eigenvalue weighted by Crippen LogP contribution is 2.51. The number of nitrogens with zero attached hydrogens (tertiary/aromatic N) is 2. The summed E-state index contributed by atoms with van der Waals surface area (Å²) in [5.41, 5.74) is 6.47. The summed E-state index contributed by atoms with van der Waals surface area (Å²) in [6.07, 6.45) is 3.04. The summed E-state index contributed by atoms with van der Waals surface area (Å²) in [7, 11) is 7.45. The molecule has 0 saturated heterocycles. The summed E-state index contributed by atoms with van der Waals surface area (Å²) >= 11 is 0. The Bertz CT molecular complexity index is 1740. The topological polar surface area (TPSA) is 83.9 Å². The van der Waals surface area contributed by atoms with Crippen molar-refractivity contribution < 1.29 is 29.2 Å². The van der Waals surface area contributed by atoms with Crippen molar-refractivity contribution in [2.24, 2.45) is 0 Å². The lowest BCUT2D eigenvalue weighted by Gasteiger charge is -2.37. The van der Waals surface area contributed by atoms with Gasteiger partial charge in [-0.2, -0.15) is 0 Å². The van der Waals surface area contributed by atoms with E-state index in [4.69, 9.17) is 18.9 Å². The van der Waals surface area contributed by atoms with Gasteiger partial charge in [-0.25, -0.2) is 0 Å². The van der Waals surface area contributed by atoms with E-state index in [1.165, 1.54) is 5.56 Å². The van der Waals surface area contributed by atoms with Gasteiger partial charge in [-0.3, -0.25) is 9.80 Å². The Morgan fingerprint density at radius 3 is 2.23 bits per heavy atom. The maximum Gasteiger partial charge on any atom is 0.201 e. The predicted octanol–water partition coefficient (Wildman–Crippen LogP) is 6.56. The fraction of sp³-hybridized carbons (Fsp3) is 0.333. The van der Waals surface area contributed by atoms with Crippen molar-refractivity contribution in [3.63, 3.8) is 0 Å². The molecule has 0 spiro atoms. The van der Waals surface area contributed by atoms with Crippen molar-refractivity contribution in [3.05, 3.63) is 94.0 Å². The Kier molecular flexibility index (Phi) is 7.26. The van der Waals surface area contributed by atoms with Crippen LogP contribution in [0.25, 0.3) is 0 Å². The summed E-state index contributed by atoms with van der Waals surface area (Å²) in [6.45, 7) is 1.74. The third-order valence-corrected chi connectivity index (χ3v) is 9.43. The van der Waals surface area contributed by atoms with Crippen LogP contribution >= 0.6 is 0 Å². The minimum absolute atomic E-state index is 0.0264. The summed E-state index contributed by atoms with van der Waals surface area (Å²) < 4.78 is 24.6. The second kappa shape index (κ2) is 11.3. The molecule has 7 rings (SSSR count). The van der Waals surface area contributed by atoms with Crippen LogP contribution in [0.5, 0.6) is 46.0 Å². The Labute approximate surface area is 258 Å². The fourth-order valence-electron chi connectivity index (χ4n) is 6.98. The van der Waals surface area contributed by atoms with Crippen LogP contribution in [0.1, 0.15) is 45.5 Å². The molecule has 0 aliphatic carbocycles. The van der Waals surface area contributed by atoms with E-state index in [-0.39, 0.29) is 23.6 Å². The molecule has 8 heteroatoms. The highest BCUT2D eigenvalue weighted by molar-refractivity contribution is 5.63. The zero-order valence-electron chi connectivity index (χ0n) is 25.6. The number of aromatic hydroxyl groups is 2. The van der Waals surface area contributed by atoms with Gasteiger partial charge in [-0.15, -0.1) is 0 Å². The van der Waals surface area contributed by atoms with Gasteiger partial charge in [0.1, 0.15) is 5.75 Å². The van der Waals surface area contributed by atoms with E-state index in [1.54, 1.807) is 20.3 Å². The summed E-state index contributed by atoms with van der Waals surface area (Å²) in [5.74, 6) is 3.10. The number of hydrogen-bond donors (Lipinski definition) is 2. The van der Waals surface area contributed by atoms with E-state index >= 15 is 0 Å². The van der Waals surface area contributed by atoms with Gasteiger partial charge in [-0.1, -0.05) is 18.2 Å². The number of methoxy groups -OCH3 is 2. The Balaban J connectivity index is 1.47. The van der Waals surface area contributed by atoms with Crippen molar-refractivity contribution in [2.45, 2.75) is 37.8 Å². The van der Waals surface area contributed by atoms with Gasteiger partial charge >= 0.3 is 0 Å². The summed E-state index contributed by atoms with van der Waals surface area (Å²) in [4.78, 5) is 4.65. The van der Waals surface area contributed by atoms with Gasteiger partial charge in [0, 0.05) is 30.7 Å². The molecule has 8 nitrogen and oxygen atoms in total. The fourth-order valence-corrected chi connectivity index (χ4v) is 6.98. The standard InChI is InChI=1S/C36H38N2O6/c1-37-12-10-23-18-31(41-3)32-20-26(23)27(37)15-22-8-9-29(39)30(17-22)43-25-7-5-6-21(14-25)16-28-34-24(11-13-38(28)2)19-33(42-4)35(40)36(34)44-32/h5-9,14,17-20,27-28,39-40H,10-13,15-16H2,1-4H3/t27-,28-/m0/s1. The number of benzene rings is 4. The summed E-state index contributed by atoms with van der Waals surface area (Å²) in [5, 5.41) is 22.3. The molecule has 4 aromatic carbocycles. The molecule has 0 aromatic heterocycles. The van der Waals surface area contributed by atoms with Crippen LogP contribution in [0.4, 0.5) is 0 Å². The molecule has 0 saturated carbocycles. The molecule has 3 aliphatic rings. The van der Waals surface area contributed by atoms with Crippen LogP contribution < -0.4 is 18.9 Å². The Morgan fingerprint density at radius 1 is 0.727 bits per heavy atom. The van der Waals surface area contributed by atoms with Crippen LogP contribution in [-0.4, -0.2) is 61.4 Å². The van der Waals surface area contributed by atoms with Gasteiger partial charge in [0.15, 0.2) is 34.5 Å². The molecule has 0 radical (unpaired) electrons. The molecule has 2 N–H and O–H groups in total. The number of rotatable bonds is 2. The molecular weight excluding hydrogens is 556 g/mol. The van der Waals surface area contributed by atoms with E-state index in [1.807, 2.05) is 36.4 Å². The monoisotopic (exact) mass is 594 g/mol. The average molecular weight is 595 g/mol. The van der Waals surface area contributed by atoms with Gasteiger partial charge in [0.05, 0.1) is 14.2 Å². The van der Waals surface area contributed by atoms with Crippen LogP contribution in [0.2, 0.25) is 0 Å². The normalized spacial score (nSPS) is 19.6. The zero-order valence-corrected chi connectivity index (χ0v) is 25.6. The number of likely N-dealkylation sites (N-methyl/N-ethyl adjacent to an activating group) is 2. The lowest BCUT2D eigenvalue weighted by Crippen LogP contribution is -2.34. The van der Waals surface area contributed by atoms with E-state index in [9.17, 15) is 10.2 Å². The Morgan fingerprint density at radius 2 is 1.43 bits per heavy atom. The van der Waals surface area contributed by atoms with Crippen molar-refractivity contribution in [1.29, 1.82) is 0 Å². The van der Waals surface area contributed by atoms with Gasteiger partial charge < -0.3 is 29.2 Å². The lowest BCUT2D eigenvalue weighted by molar-refractivity contribution is 0.220. The zero-order chi connectivity index (χ0) is 30.5. The minimum atomic E-state index is -0.0873. The second-order valence-corrected chi connectivity index (χ2v) is 12.1. The third-order valence-electron chi connectivity index (χ3n) is 9.43. The first-order valence-corrected chi connectivity index (χ1v) is 15.1. The highest BCUT2D eigenvalue weighted by Gasteiger charge is 2.34. The SMILES string of the molecule is COc1cc2c3cc1Oc1c(O)c(OC)cc4c1[C@H](Cc1cccc(c1)Oc1cc(ccc1O)C[C@@H]3N(C)CC2)N(C)CC4. The van der Waals surface area contributed by atoms with Crippen LogP contribution in [0, 0.1) is 0 Å². The van der Waals surface area contributed by atoms with Crippen molar-refractivity contribution >= 4 is 0 Å². The van der Waals surface area contributed by atoms with E-state index < -0.39 is 0 Å². The quantitative estimate of drug-likeness (QED) is 0.270. The maximum absolute atomic E-state index is 11.6. The highest BCUT2D eigenvalue weighted by atomic mass is 16.5. The smallest absolute Gasteiger partial charge is 0.201 e. The largest absolute Gasteiger partial charge is 0.504 e. The average Bonchev–Trinajstić information content (AvgIpc) is 3.02. The predicted molar refractivity (Wildman–Crippen MR) is 168 cm³/mol. The number of ether oxygens (including phenoxy) is 4. The van der Waals surface area contributed by atoms with Crippen LogP contribution in [0.15, 0.2) is 60.7 Å². The van der Waals surface area contributed by atoms with E-state index in [0.29, 0.717) is 47.3 Å². The summed E-state index contributed by atoms with van der Waals surface area (Å²) in [6, 6.07) is 19.6. The lowest BCUT2D eigenvalue weighted by atomic mass is 9.87. The number of fused-ring (bicyclic) bond motifs is 5. The number of phenols is 2. The molecule has 44 heavy (non-hydrogen) atoms. The third kappa shape index (κ3) is 4.98. The molecule has 0 fully saturated rings. The van der Waals surface area contributed by atoms with E-state index in [2.05, 4.69) is 42.1 Å². The second-order valence-electron chi connectivity index (χ2n) is 12.1. The van der Waals surface area contributed by atoms with Crippen molar-refractivity contribution in [1.82, 2.24) is 9.80 Å². The first-order valence-electron chi connectivity index (χ1n) is 15.1. The minimum Gasteiger partial charge on any atom is -0.504 e. The van der Waals surface area contributed by atoms with Gasteiger partial charge in [-0.05, 0) is 110 Å². The first kappa shape index (κ1) is 28.4. The first-order chi connectivity index (χ1) is 21.3. The van der Waals surface area contributed by atoms with Crippen LogP contribution in [0.3, 0.4) is 0 Å². The maximum atomic E-state index is 11.6. The van der Waals surface area contributed by atoms with Gasteiger partial charge in [0.2, 0.25) is 5.75 Å². The molecule has 228 valence electrons. The van der Waals surface area contributed by atoms with Gasteiger partial charge in [0.25, 0.3) is 0 Å². The van der Waals surface area contributed by atoms with Crippen molar-refractivity contribution in [3.8, 4) is 46.0 Å². The molecule has 2 atom stereocenters. The number of hydrogen-bond acceptors (Lipinski definition) is 8. The molecule has 4 aromatic rings. The van der Waals surface area contributed by atoms with E-state index in [0.717, 1.165) is 53.7 Å². The number of phenolic OH excluding ortho intramolecular Hbond substituents is 2.